The molecular weight excluding hydrogens is 260 g/mol. The first-order chi connectivity index (χ1) is 8.97. The molecule has 5 nitrogen and oxygen atoms in total. The SMILES string of the molecule is Cc1cc(NCC(=O)NC2CC2)c(C(N)=S)c(C)n1. The van der Waals surface area contributed by atoms with Crippen molar-refractivity contribution < 1.29 is 4.79 Å². The molecule has 1 aliphatic carbocycles. The van der Waals surface area contributed by atoms with Gasteiger partial charge >= 0.3 is 0 Å². The van der Waals surface area contributed by atoms with E-state index < -0.39 is 0 Å². The summed E-state index contributed by atoms with van der Waals surface area (Å²) in [5.74, 6) is -0.0106. The van der Waals surface area contributed by atoms with Crippen LogP contribution in [0.25, 0.3) is 0 Å². The Balaban J connectivity index is 2.09. The lowest BCUT2D eigenvalue weighted by Crippen LogP contribution is -2.32. The van der Waals surface area contributed by atoms with Crippen molar-refractivity contribution in [3.05, 3.63) is 23.0 Å². The third-order valence-corrected chi connectivity index (χ3v) is 3.16. The monoisotopic (exact) mass is 278 g/mol. The van der Waals surface area contributed by atoms with Crippen molar-refractivity contribution >= 4 is 28.8 Å². The van der Waals surface area contributed by atoms with E-state index in [2.05, 4.69) is 15.6 Å². The van der Waals surface area contributed by atoms with Gasteiger partial charge in [-0.15, -0.1) is 0 Å². The van der Waals surface area contributed by atoms with Crippen LogP contribution in [0.3, 0.4) is 0 Å². The Bertz CT molecular complexity index is 526. The quantitative estimate of drug-likeness (QED) is 0.701. The number of nitrogens with zero attached hydrogens (tertiary/aromatic N) is 1. The van der Waals surface area contributed by atoms with Gasteiger partial charge in [0, 0.05) is 23.1 Å². The van der Waals surface area contributed by atoms with Gasteiger partial charge in [0.1, 0.15) is 4.99 Å². The topological polar surface area (TPSA) is 80.0 Å². The number of amides is 1. The number of rotatable bonds is 5. The molecule has 1 aliphatic rings. The highest BCUT2D eigenvalue weighted by molar-refractivity contribution is 7.80. The highest BCUT2D eigenvalue weighted by atomic mass is 32.1. The van der Waals surface area contributed by atoms with Gasteiger partial charge in [-0.05, 0) is 32.8 Å². The summed E-state index contributed by atoms with van der Waals surface area (Å²) in [7, 11) is 0. The van der Waals surface area contributed by atoms with Crippen LogP contribution in [0.15, 0.2) is 6.07 Å². The van der Waals surface area contributed by atoms with E-state index in [1.807, 2.05) is 19.9 Å². The largest absolute Gasteiger partial charge is 0.389 e. The third-order valence-electron chi connectivity index (χ3n) is 2.96. The highest BCUT2D eigenvalue weighted by Gasteiger charge is 2.23. The zero-order chi connectivity index (χ0) is 14.0. The van der Waals surface area contributed by atoms with E-state index in [0.29, 0.717) is 11.6 Å². The van der Waals surface area contributed by atoms with Crippen LogP contribution in [0.5, 0.6) is 0 Å². The molecule has 2 rings (SSSR count). The zero-order valence-corrected chi connectivity index (χ0v) is 11.9. The number of hydrogen-bond donors (Lipinski definition) is 3. The van der Waals surface area contributed by atoms with Crippen molar-refractivity contribution in [1.82, 2.24) is 10.3 Å². The number of thiocarbonyl (C=S) groups is 1. The first-order valence-electron chi connectivity index (χ1n) is 6.28. The molecule has 0 saturated heterocycles. The smallest absolute Gasteiger partial charge is 0.239 e. The zero-order valence-electron chi connectivity index (χ0n) is 11.1. The molecule has 0 unspecified atom stereocenters. The number of carbonyl (C=O) groups is 1. The third kappa shape index (κ3) is 3.64. The molecule has 0 atom stereocenters. The van der Waals surface area contributed by atoms with E-state index in [0.717, 1.165) is 29.9 Å². The number of pyridine rings is 1. The van der Waals surface area contributed by atoms with Gasteiger partial charge in [-0.2, -0.15) is 0 Å². The maximum atomic E-state index is 11.7. The van der Waals surface area contributed by atoms with Crippen molar-refractivity contribution in [3.8, 4) is 0 Å². The maximum absolute atomic E-state index is 11.7. The Morgan fingerprint density at radius 2 is 2.21 bits per heavy atom. The molecule has 1 aromatic heterocycles. The van der Waals surface area contributed by atoms with Gasteiger partial charge in [-0.25, -0.2) is 0 Å². The van der Waals surface area contributed by atoms with Crippen molar-refractivity contribution in [1.29, 1.82) is 0 Å². The summed E-state index contributed by atoms with van der Waals surface area (Å²) in [6.45, 7) is 3.97. The Labute approximate surface area is 118 Å². The van der Waals surface area contributed by atoms with Gasteiger partial charge in [0.05, 0.1) is 12.1 Å². The van der Waals surface area contributed by atoms with E-state index in [1.165, 1.54) is 0 Å². The van der Waals surface area contributed by atoms with Crippen molar-refractivity contribution in [3.63, 3.8) is 0 Å². The van der Waals surface area contributed by atoms with Crippen LogP contribution in [-0.2, 0) is 4.79 Å². The van der Waals surface area contributed by atoms with Crippen molar-refractivity contribution in [2.24, 2.45) is 5.73 Å². The molecule has 6 heteroatoms. The molecule has 102 valence electrons. The number of nitrogens with two attached hydrogens (primary N) is 1. The Morgan fingerprint density at radius 1 is 1.53 bits per heavy atom. The summed E-state index contributed by atoms with van der Waals surface area (Å²) < 4.78 is 0. The van der Waals surface area contributed by atoms with Crippen LogP contribution in [-0.4, -0.2) is 28.5 Å². The lowest BCUT2D eigenvalue weighted by atomic mass is 10.1. The number of aromatic nitrogens is 1. The predicted molar refractivity (Wildman–Crippen MR) is 79.3 cm³/mol. The van der Waals surface area contributed by atoms with Gasteiger partial charge in [0.25, 0.3) is 0 Å². The van der Waals surface area contributed by atoms with Gasteiger partial charge in [-0.3, -0.25) is 9.78 Å². The molecule has 1 aromatic rings. The number of aryl methyl sites for hydroxylation is 2. The summed E-state index contributed by atoms with van der Waals surface area (Å²) in [4.78, 5) is 16.3. The number of anilines is 1. The fraction of sp³-hybridized carbons (Fsp3) is 0.462. The molecule has 0 aromatic carbocycles. The minimum atomic E-state index is -0.0106. The first kappa shape index (κ1) is 13.7. The van der Waals surface area contributed by atoms with Gasteiger partial charge in [-0.1, -0.05) is 12.2 Å². The molecule has 0 aliphatic heterocycles. The Morgan fingerprint density at radius 3 is 2.79 bits per heavy atom. The molecular formula is C13H18N4OS. The van der Waals surface area contributed by atoms with Crippen LogP contribution in [0.1, 0.15) is 29.8 Å². The van der Waals surface area contributed by atoms with Gasteiger partial charge in [0.15, 0.2) is 0 Å². The second-order valence-electron chi connectivity index (χ2n) is 4.83. The van der Waals surface area contributed by atoms with Gasteiger partial charge in [0.2, 0.25) is 5.91 Å². The summed E-state index contributed by atoms with van der Waals surface area (Å²) in [5.41, 5.74) is 8.83. The van der Waals surface area contributed by atoms with E-state index >= 15 is 0 Å². The molecule has 1 amide bonds. The summed E-state index contributed by atoms with van der Waals surface area (Å²) in [6.07, 6.45) is 2.16. The molecule has 1 heterocycles. The van der Waals surface area contributed by atoms with Crippen molar-refractivity contribution in [2.45, 2.75) is 32.7 Å². The number of hydrogen-bond acceptors (Lipinski definition) is 4. The number of nitrogens with one attached hydrogen (secondary N) is 2. The first-order valence-corrected chi connectivity index (χ1v) is 6.69. The summed E-state index contributed by atoms with van der Waals surface area (Å²) in [6, 6.07) is 2.22. The standard InChI is InChI=1S/C13H18N4OS/c1-7-5-10(12(13(14)19)8(2)16-7)15-6-11(18)17-9-3-4-9/h5,9H,3-4,6H2,1-2H3,(H2,14,19)(H,15,16)(H,17,18). The minimum Gasteiger partial charge on any atom is -0.389 e. The molecule has 0 radical (unpaired) electrons. The molecule has 0 spiro atoms. The van der Waals surface area contributed by atoms with Crippen LogP contribution in [0.4, 0.5) is 5.69 Å². The lowest BCUT2D eigenvalue weighted by molar-refractivity contribution is -0.119. The molecule has 19 heavy (non-hydrogen) atoms. The van der Waals surface area contributed by atoms with Crippen LogP contribution >= 0.6 is 12.2 Å². The molecule has 1 fully saturated rings. The summed E-state index contributed by atoms with van der Waals surface area (Å²) in [5, 5.41) is 6.01. The van der Waals surface area contributed by atoms with Gasteiger partial charge < -0.3 is 16.4 Å². The highest BCUT2D eigenvalue weighted by Crippen LogP contribution is 2.20. The summed E-state index contributed by atoms with van der Waals surface area (Å²) >= 11 is 5.04. The van der Waals surface area contributed by atoms with Crippen LogP contribution in [0.2, 0.25) is 0 Å². The Hall–Kier alpha value is -1.69. The molecule has 0 bridgehead atoms. The fourth-order valence-electron chi connectivity index (χ4n) is 1.96. The van der Waals surface area contributed by atoms with E-state index in [-0.39, 0.29) is 17.4 Å². The fourth-order valence-corrected chi connectivity index (χ4v) is 2.22. The Kier molecular flexibility index (Phi) is 3.99. The maximum Gasteiger partial charge on any atom is 0.239 e. The molecule has 4 N–H and O–H groups in total. The molecule has 1 saturated carbocycles. The average Bonchev–Trinajstić information content (AvgIpc) is 3.08. The normalized spacial score (nSPS) is 14.0. The minimum absolute atomic E-state index is 0.0106. The van der Waals surface area contributed by atoms with Crippen LogP contribution < -0.4 is 16.4 Å². The lowest BCUT2D eigenvalue weighted by Gasteiger charge is -2.14. The number of carbonyl (C=O) groups excluding carboxylic acids is 1. The second-order valence-corrected chi connectivity index (χ2v) is 5.27. The van der Waals surface area contributed by atoms with Crippen LogP contribution in [0, 0.1) is 13.8 Å². The van der Waals surface area contributed by atoms with E-state index in [4.69, 9.17) is 18.0 Å². The van der Waals surface area contributed by atoms with E-state index in [9.17, 15) is 4.79 Å². The van der Waals surface area contributed by atoms with E-state index in [1.54, 1.807) is 0 Å². The second kappa shape index (κ2) is 5.52. The predicted octanol–water partition coefficient (Wildman–Crippen LogP) is 1.02. The average molecular weight is 278 g/mol. The van der Waals surface area contributed by atoms with Crippen molar-refractivity contribution in [2.75, 3.05) is 11.9 Å².